The number of nitrogens with two attached hydrogens (primary N) is 1. The second kappa shape index (κ2) is 4.93. The van der Waals surface area contributed by atoms with Gasteiger partial charge in [-0.2, -0.15) is 9.90 Å². The van der Waals surface area contributed by atoms with Gasteiger partial charge in [-0.1, -0.05) is 0 Å². The molecule has 0 spiro atoms. The minimum atomic E-state index is -0.0671. The first kappa shape index (κ1) is 10.9. The molecule has 2 rings (SSSR count). The van der Waals surface area contributed by atoms with Gasteiger partial charge in [0.2, 0.25) is 5.91 Å². The maximum Gasteiger partial charge on any atom is 0.243 e. The predicted octanol–water partition coefficient (Wildman–Crippen LogP) is -1.27. The van der Waals surface area contributed by atoms with Crippen molar-refractivity contribution in [2.24, 2.45) is 0 Å². The fraction of sp³-hybridized carbons (Fsp3) is 0.667. The van der Waals surface area contributed by atoms with Crippen molar-refractivity contribution >= 4 is 11.7 Å². The van der Waals surface area contributed by atoms with Crippen molar-refractivity contribution in [1.82, 2.24) is 25.6 Å². The Kier molecular flexibility index (Phi) is 3.35. The number of hydrogen-bond donors (Lipinski definition) is 3. The van der Waals surface area contributed by atoms with Gasteiger partial charge in [-0.3, -0.25) is 4.79 Å². The van der Waals surface area contributed by atoms with Crippen molar-refractivity contribution in [2.75, 3.05) is 18.8 Å². The van der Waals surface area contributed by atoms with E-state index in [-0.39, 0.29) is 18.5 Å². The lowest BCUT2D eigenvalue weighted by Gasteiger charge is -2.23. The minimum Gasteiger partial charge on any atom is -0.381 e. The lowest BCUT2D eigenvalue weighted by molar-refractivity contribution is -0.122. The van der Waals surface area contributed by atoms with Gasteiger partial charge in [0.1, 0.15) is 6.54 Å². The van der Waals surface area contributed by atoms with E-state index in [9.17, 15) is 4.79 Å². The molecule has 16 heavy (non-hydrogen) atoms. The minimum absolute atomic E-state index is 0.0671. The highest BCUT2D eigenvalue weighted by molar-refractivity contribution is 5.75. The van der Waals surface area contributed by atoms with E-state index in [0.717, 1.165) is 25.9 Å². The summed E-state index contributed by atoms with van der Waals surface area (Å²) >= 11 is 0. The van der Waals surface area contributed by atoms with Gasteiger partial charge in [0.25, 0.3) is 0 Å². The third kappa shape index (κ3) is 2.93. The van der Waals surface area contributed by atoms with Gasteiger partial charge in [0.15, 0.2) is 5.82 Å². The quantitative estimate of drug-likeness (QED) is 0.594. The Hall–Kier alpha value is -1.63. The van der Waals surface area contributed by atoms with Gasteiger partial charge >= 0.3 is 0 Å². The highest BCUT2D eigenvalue weighted by Crippen LogP contribution is 2.01. The molecule has 0 saturated carbocycles. The lowest BCUT2D eigenvalue weighted by Crippen LogP contribution is -2.43. The summed E-state index contributed by atoms with van der Waals surface area (Å²) in [5.74, 6) is 0.261. The van der Waals surface area contributed by atoms with E-state index in [0.29, 0.717) is 5.82 Å². The predicted molar refractivity (Wildman–Crippen MR) is 58.5 cm³/mol. The molecule has 4 N–H and O–H groups in total. The van der Waals surface area contributed by atoms with Crippen LogP contribution in [-0.2, 0) is 11.3 Å². The molecular weight excluding hydrogens is 208 g/mol. The summed E-state index contributed by atoms with van der Waals surface area (Å²) in [7, 11) is 0. The van der Waals surface area contributed by atoms with Crippen LogP contribution in [0.1, 0.15) is 12.8 Å². The molecule has 1 saturated heterocycles. The molecule has 0 atom stereocenters. The molecule has 88 valence electrons. The molecule has 1 aliphatic rings. The van der Waals surface area contributed by atoms with Gasteiger partial charge in [-0.15, -0.1) is 5.10 Å². The smallest absolute Gasteiger partial charge is 0.243 e. The van der Waals surface area contributed by atoms with E-state index >= 15 is 0 Å². The third-order valence-corrected chi connectivity index (χ3v) is 2.54. The van der Waals surface area contributed by atoms with E-state index < -0.39 is 0 Å². The molecule has 1 aromatic heterocycles. The standard InChI is InChI=1S/C9H16N6O/c10-8-5-12-15(14-8)6-9(16)13-7-1-3-11-4-2-7/h5,7,11H,1-4,6H2,(H2,10,14)(H,13,16). The van der Waals surface area contributed by atoms with Crippen molar-refractivity contribution in [3.63, 3.8) is 0 Å². The zero-order valence-electron chi connectivity index (χ0n) is 9.02. The van der Waals surface area contributed by atoms with Crippen LogP contribution in [0.4, 0.5) is 5.82 Å². The zero-order valence-corrected chi connectivity index (χ0v) is 9.02. The van der Waals surface area contributed by atoms with Crippen LogP contribution in [-0.4, -0.2) is 40.0 Å². The largest absolute Gasteiger partial charge is 0.381 e. The Balaban J connectivity index is 1.79. The second-order valence-electron chi connectivity index (χ2n) is 3.89. The van der Waals surface area contributed by atoms with Crippen LogP contribution in [0.15, 0.2) is 6.20 Å². The summed E-state index contributed by atoms with van der Waals surface area (Å²) in [5.41, 5.74) is 5.40. The van der Waals surface area contributed by atoms with E-state index in [2.05, 4.69) is 20.8 Å². The second-order valence-corrected chi connectivity index (χ2v) is 3.89. The van der Waals surface area contributed by atoms with E-state index in [1.54, 1.807) is 0 Å². The first-order valence-corrected chi connectivity index (χ1v) is 5.40. The normalized spacial score (nSPS) is 17.2. The van der Waals surface area contributed by atoms with Crippen LogP contribution < -0.4 is 16.4 Å². The molecule has 1 amide bonds. The molecule has 1 fully saturated rings. The Bertz CT molecular complexity index is 357. The average Bonchev–Trinajstić information content (AvgIpc) is 2.65. The first-order valence-electron chi connectivity index (χ1n) is 5.40. The molecule has 2 heterocycles. The molecule has 0 aliphatic carbocycles. The van der Waals surface area contributed by atoms with Crippen molar-refractivity contribution in [1.29, 1.82) is 0 Å². The Morgan fingerprint density at radius 1 is 1.62 bits per heavy atom. The number of nitrogen functional groups attached to an aromatic ring is 1. The van der Waals surface area contributed by atoms with Crippen molar-refractivity contribution in [3.8, 4) is 0 Å². The number of carbonyl (C=O) groups is 1. The molecule has 7 heteroatoms. The van der Waals surface area contributed by atoms with Crippen molar-refractivity contribution < 1.29 is 4.79 Å². The number of amides is 1. The number of nitrogens with one attached hydrogen (secondary N) is 2. The molecular formula is C9H16N6O. The van der Waals surface area contributed by atoms with E-state index in [1.807, 2.05) is 0 Å². The fourth-order valence-corrected chi connectivity index (χ4v) is 1.75. The van der Waals surface area contributed by atoms with Crippen LogP contribution in [0.2, 0.25) is 0 Å². The Labute approximate surface area is 93.4 Å². The first-order chi connectivity index (χ1) is 7.74. The number of nitrogens with zero attached hydrogens (tertiary/aromatic N) is 3. The summed E-state index contributed by atoms with van der Waals surface area (Å²) in [6.45, 7) is 2.04. The fourth-order valence-electron chi connectivity index (χ4n) is 1.75. The Morgan fingerprint density at radius 3 is 3.00 bits per heavy atom. The van der Waals surface area contributed by atoms with Crippen molar-refractivity contribution in [3.05, 3.63) is 6.20 Å². The summed E-state index contributed by atoms with van der Waals surface area (Å²) in [5, 5.41) is 13.9. The van der Waals surface area contributed by atoms with Crippen LogP contribution in [0, 0.1) is 0 Å². The molecule has 0 aromatic carbocycles. The summed E-state index contributed by atoms with van der Waals surface area (Å²) in [6, 6.07) is 0.265. The van der Waals surface area contributed by atoms with Crippen LogP contribution in [0.25, 0.3) is 0 Å². The van der Waals surface area contributed by atoms with Gasteiger partial charge in [-0.25, -0.2) is 0 Å². The molecule has 0 radical (unpaired) electrons. The van der Waals surface area contributed by atoms with Gasteiger partial charge < -0.3 is 16.4 Å². The maximum atomic E-state index is 11.6. The number of piperidine rings is 1. The van der Waals surface area contributed by atoms with E-state index in [4.69, 9.17) is 5.73 Å². The van der Waals surface area contributed by atoms with Gasteiger partial charge in [0, 0.05) is 6.04 Å². The summed E-state index contributed by atoms with van der Waals surface area (Å²) in [6.07, 6.45) is 3.37. The summed E-state index contributed by atoms with van der Waals surface area (Å²) in [4.78, 5) is 12.9. The topological polar surface area (TPSA) is 97.9 Å². The van der Waals surface area contributed by atoms with Crippen molar-refractivity contribution in [2.45, 2.75) is 25.4 Å². The molecule has 0 unspecified atom stereocenters. The molecule has 1 aliphatic heterocycles. The van der Waals surface area contributed by atoms with Gasteiger partial charge in [0.05, 0.1) is 6.20 Å². The van der Waals surface area contributed by atoms with E-state index in [1.165, 1.54) is 11.0 Å². The number of rotatable bonds is 3. The molecule has 0 bridgehead atoms. The highest BCUT2D eigenvalue weighted by Gasteiger charge is 2.15. The Morgan fingerprint density at radius 2 is 2.38 bits per heavy atom. The molecule has 7 nitrogen and oxygen atoms in total. The SMILES string of the molecule is Nc1cnn(CC(=O)NC2CCNCC2)n1. The van der Waals surface area contributed by atoms with Crippen LogP contribution >= 0.6 is 0 Å². The van der Waals surface area contributed by atoms with Crippen LogP contribution in [0.5, 0.6) is 0 Å². The third-order valence-electron chi connectivity index (χ3n) is 2.54. The van der Waals surface area contributed by atoms with Crippen LogP contribution in [0.3, 0.4) is 0 Å². The summed E-state index contributed by atoms with van der Waals surface area (Å²) < 4.78 is 0. The lowest BCUT2D eigenvalue weighted by atomic mass is 10.1. The number of anilines is 1. The monoisotopic (exact) mass is 224 g/mol. The number of carbonyl (C=O) groups excluding carboxylic acids is 1. The number of aromatic nitrogens is 3. The average molecular weight is 224 g/mol. The van der Waals surface area contributed by atoms with Gasteiger partial charge in [-0.05, 0) is 25.9 Å². The molecule has 1 aromatic rings. The highest BCUT2D eigenvalue weighted by atomic mass is 16.2. The number of hydrogen-bond acceptors (Lipinski definition) is 5. The zero-order chi connectivity index (χ0) is 11.4. The maximum absolute atomic E-state index is 11.6.